The van der Waals surface area contributed by atoms with Gasteiger partial charge in [0.15, 0.2) is 29.0 Å². The molecule has 0 saturated carbocycles. The van der Waals surface area contributed by atoms with E-state index in [4.69, 9.17) is 8.85 Å². The second kappa shape index (κ2) is 11.9. The maximum absolute atomic E-state index is 6.49. The molecule has 1 aromatic heterocycles. The van der Waals surface area contributed by atoms with Crippen LogP contribution in [0.3, 0.4) is 0 Å². The number of hydrogen-bond donors (Lipinski definition) is 0. The van der Waals surface area contributed by atoms with Crippen molar-refractivity contribution in [2.45, 2.75) is 77.8 Å². The fourth-order valence-electron chi connectivity index (χ4n) is 2.92. The first kappa shape index (κ1) is 29.4. The minimum Gasteiger partial charge on any atom is -0.415 e. The molecular weight excluding hydrogens is 468 g/mol. The van der Waals surface area contributed by atoms with Crippen LogP contribution >= 0.6 is 0 Å². The number of azo groups is 1. The van der Waals surface area contributed by atoms with E-state index in [1.807, 2.05) is 36.7 Å². The average molecular weight is 516 g/mol. The molecule has 0 bridgehead atoms. The van der Waals surface area contributed by atoms with Gasteiger partial charge in [-0.15, -0.1) is 0 Å². The van der Waals surface area contributed by atoms with Gasteiger partial charge >= 0.3 is 0 Å². The Morgan fingerprint density at radius 1 is 0.686 bits per heavy atom. The number of nitrogens with one attached hydrogen (secondary N) is 1. The number of pyridine rings is 1. The molecule has 2 rings (SSSR count). The highest BCUT2D eigenvalue weighted by molar-refractivity contribution is 6.74. The van der Waals surface area contributed by atoms with E-state index in [1.165, 1.54) is 0 Å². The van der Waals surface area contributed by atoms with Gasteiger partial charge in [0.25, 0.3) is 0 Å². The molecule has 0 saturated heterocycles. The zero-order valence-electron chi connectivity index (χ0n) is 23.6. The van der Waals surface area contributed by atoms with Crippen LogP contribution in [0.5, 0.6) is 0 Å². The molecule has 0 aliphatic heterocycles. The van der Waals surface area contributed by atoms with Gasteiger partial charge in [-0.25, -0.2) is 4.98 Å². The Balaban J connectivity index is 2.10. The van der Waals surface area contributed by atoms with Crippen LogP contribution in [0.2, 0.25) is 36.3 Å². The molecule has 35 heavy (non-hydrogen) atoms. The van der Waals surface area contributed by atoms with Gasteiger partial charge in [0.05, 0.1) is 24.6 Å². The van der Waals surface area contributed by atoms with Crippen molar-refractivity contribution in [2.24, 2.45) is 10.2 Å². The van der Waals surface area contributed by atoms with E-state index < -0.39 is 16.6 Å². The number of nitrogens with zero attached hydrogens (tertiary/aromatic N) is 3. The molecule has 0 aliphatic carbocycles. The summed E-state index contributed by atoms with van der Waals surface area (Å²) in [5, 5.41) is 9.09. The largest absolute Gasteiger partial charge is 0.415 e. The Labute approximate surface area is 215 Å². The van der Waals surface area contributed by atoms with Gasteiger partial charge in [-0.2, -0.15) is 10.2 Å². The van der Waals surface area contributed by atoms with Crippen LogP contribution in [0.15, 0.2) is 59.0 Å². The van der Waals surface area contributed by atoms with Gasteiger partial charge in [-0.05, 0) is 60.5 Å². The van der Waals surface area contributed by atoms with E-state index in [1.54, 1.807) is 0 Å². The average Bonchev–Trinajstić information content (AvgIpc) is 2.76. The monoisotopic (exact) mass is 515 g/mol. The van der Waals surface area contributed by atoms with Crippen molar-refractivity contribution in [3.05, 3.63) is 48.8 Å². The summed E-state index contributed by atoms with van der Waals surface area (Å²) in [6.07, 6.45) is 3.68. The van der Waals surface area contributed by atoms with Crippen molar-refractivity contribution in [1.82, 2.24) is 0 Å². The number of benzene rings is 1. The van der Waals surface area contributed by atoms with Crippen molar-refractivity contribution in [1.29, 1.82) is 0 Å². The summed E-state index contributed by atoms with van der Waals surface area (Å²) in [5.41, 5.74) is 2.80. The van der Waals surface area contributed by atoms with Gasteiger partial charge in [-0.1, -0.05) is 41.5 Å². The second-order valence-corrected chi connectivity index (χ2v) is 21.8. The van der Waals surface area contributed by atoms with Gasteiger partial charge in [0.2, 0.25) is 0 Å². The summed E-state index contributed by atoms with van der Waals surface area (Å²) in [6.45, 7) is 26.0. The van der Waals surface area contributed by atoms with E-state index in [2.05, 4.69) is 100.0 Å². The third-order valence-electron chi connectivity index (χ3n) is 7.46. The Morgan fingerprint density at radius 2 is 1.09 bits per heavy atom. The molecule has 0 radical (unpaired) electrons. The summed E-state index contributed by atoms with van der Waals surface area (Å²) in [4.78, 5) is 5.37. The molecule has 0 amide bonds. The van der Waals surface area contributed by atoms with Crippen molar-refractivity contribution >= 4 is 33.7 Å². The Bertz CT molecular complexity index is 902. The van der Waals surface area contributed by atoms with Gasteiger partial charge in [-0.3, -0.25) is 0 Å². The molecule has 0 aliphatic rings. The fourth-order valence-corrected chi connectivity index (χ4v) is 4.98. The van der Waals surface area contributed by atoms with Crippen molar-refractivity contribution in [3.8, 4) is 0 Å². The van der Waals surface area contributed by atoms with E-state index in [0.29, 0.717) is 13.2 Å². The minimum atomic E-state index is -1.79. The first-order valence-corrected chi connectivity index (χ1v) is 18.4. The maximum Gasteiger partial charge on any atom is 0.192 e. The van der Waals surface area contributed by atoms with E-state index in [9.17, 15) is 0 Å². The molecule has 1 aromatic carbocycles. The number of aromatic amines is 1. The highest BCUT2D eigenvalue weighted by Crippen LogP contribution is 2.37. The number of rotatable bonds is 11. The lowest BCUT2D eigenvalue weighted by molar-refractivity contribution is -0.377. The summed E-state index contributed by atoms with van der Waals surface area (Å²) < 4.78 is 13.0. The minimum absolute atomic E-state index is 0.201. The predicted molar refractivity (Wildman–Crippen MR) is 152 cm³/mol. The van der Waals surface area contributed by atoms with E-state index in [-0.39, 0.29) is 10.1 Å². The maximum atomic E-state index is 6.49. The Hall–Kier alpha value is -1.88. The van der Waals surface area contributed by atoms with Crippen LogP contribution in [0.4, 0.5) is 17.1 Å². The molecular formula is C27H47N4O2Si2+. The van der Waals surface area contributed by atoms with Crippen LogP contribution in [0.1, 0.15) is 41.5 Å². The molecule has 0 unspecified atom stereocenters. The number of anilines is 1. The first-order chi connectivity index (χ1) is 16.1. The molecule has 1 heterocycles. The molecule has 0 fully saturated rings. The Kier molecular flexibility index (Phi) is 9.99. The van der Waals surface area contributed by atoms with Crippen molar-refractivity contribution in [3.63, 3.8) is 0 Å². The van der Waals surface area contributed by atoms with Crippen LogP contribution < -0.4 is 9.88 Å². The lowest BCUT2D eigenvalue weighted by Crippen LogP contribution is -2.44. The smallest absolute Gasteiger partial charge is 0.192 e. The predicted octanol–water partition coefficient (Wildman–Crippen LogP) is 7.77. The lowest BCUT2D eigenvalue weighted by atomic mass is 10.2. The van der Waals surface area contributed by atoms with Crippen molar-refractivity contribution < 1.29 is 13.8 Å². The second-order valence-electron chi connectivity index (χ2n) is 12.2. The number of hydrogen-bond acceptors (Lipinski definition) is 5. The topological polar surface area (TPSA) is 60.6 Å². The zero-order valence-corrected chi connectivity index (χ0v) is 25.6. The normalized spacial score (nSPS) is 13.4. The molecule has 0 atom stereocenters. The van der Waals surface area contributed by atoms with Crippen LogP contribution in [-0.2, 0) is 8.85 Å². The summed E-state index contributed by atoms with van der Waals surface area (Å²) in [6, 6.07) is 12.1. The SMILES string of the molecule is CC(C)(C)[Si](C)(C)OCCN(CCO[Si](C)(C)C(C)(C)C)c1ccc(N=Nc2cc[nH+]cc2)cc1. The molecule has 1 N–H and O–H groups in total. The van der Waals surface area contributed by atoms with Crippen LogP contribution in [0, 0.1) is 0 Å². The number of H-pyrrole nitrogens is 1. The van der Waals surface area contributed by atoms with E-state index in [0.717, 1.165) is 30.2 Å². The molecule has 8 heteroatoms. The molecule has 6 nitrogen and oxygen atoms in total. The fraction of sp³-hybridized carbons (Fsp3) is 0.593. The van der Waals surface area contributed by atoms with Crippen molar-refractivity contribution in [2.75, 3.05) is 31.2 Å². The molecule has 0 spiro atoms. The quantitative estimate of drug-likeness (QED) is 0.227. The van der Waals surface area contributed by atoms with Crippen LogP contribution in [0.25, 0.3) is 0 Å². The lowest BCUT2D eigenvalue weighted by Gasteiger charge is -2.38. The third-order valence-corrected chi connectivity index (χ3v) is 16.5. The van der Waals surface area contributed by atoms with Gasteiger partial charge < -0.3 is 13.8 Å². The van der Waals surface area contributed by atoms with E-state index >= 15 is 0 Å². The standard InChI is InChI=1S/C27H46N4O2Si2/c1-26(2,3)34(7,8)32-21-19-31(20-22-33-35(9,10)27(4,5)6)25-13-11-23(12-14-25)29-30-24-15-17-28-18-16-24/h11-18H,19-22H2,1-10H3/p+1. The molecule has 194 valence electrons. The summed E-state index contributed by atoms with van der Waals surface area (Å²) in [5.74, 6) is 0. The van der Waals surface area contributed by atoms with Gasteiger partial charge in [0.1, 0.15) is 0 Å². The highest BCUT2D eigenvalue weighted by Gasteiger charge is 2.38. The highest BCUT2D eigenvalue weighted by atomic mass is 28.4. The summed E-state index contributed by atoms with van der Waals surface area (Å²) in [7, 11) is -3.58. The third kappa shape index (κ3) is 8.93. The van der Waals surface area contributed by atoms with Crippen LogP contribution in [-0.4, -0.2) is 42.9 Å². The summed E-state index contributed by atoms with van der Waals surface area (Å²) >= 11 is 0. The Morgan fingerprint density at radius 3 is 1.49 bits per heavy atom. The number of aromatic nitrogens is 1. The van der Waals surface area contributed by atoms with Gasteiger partial charge in [0, 0.05) is 30.9 Å². The zero-order chi connectivity index (χ0) is 26.3. The first-order valence-electron chi connectivity index (χ1n) is 12.6. The molecule has 2 aromatic rings.